The van der Waals surface area contributed by atoms with Gasteiger partial charge in [0.15, 0.2) is 0 Å². The van der Waals surface area contributed by atoms with E-state index in [9.17, 15) is 4.79 Å². The minimum absolute atomic E-state index is 0.271. The Kier molecular flexibility index (Phi) is 6.70. The second-order valence-electron chi connectivity index (χ2n) is 6.52. The van der Waals surface area contributed by atoms with Crippen LogP contribution in [0.4, 0.5) is 22.1 Å². The molecule has 1 aromatic carbocycles. The molecule has 1 aliphatic heterocycles. The summed E-state index contributed by atoms with van der Waals surface area (Å²) in [6, 6.07) is 8.74. The van der Waals surface area contributed by atoms with Crippen LogP contribution >= 0.6 is 11.6 Å². The molecular formula is C19H25ClN6O. The normalized spacial score (nSPS) is 13.9. The van der Waals surface area contributed by atoms with Gasteiger partial charge in [0.2, 0.25) is 0 Å². The number of rotatable bonds is 6. The standard InChI is InChI=1S/C19H25ClN6O/c1-14-23-17(13-18(24-14)26-10-3-2-4-11-26)21-8-9-22-19(27)25-16-7-5-6-15(20)12-16/h5-7,12-13H,2-4,8-11H2,1H3,(H,21,23,24)(H2,22,25,27). The summed E-state index contributed by atoms with van der Waals surface area (Å²) >= 11 is 5.91. The molecule has 0 spiro atoms. The Labute approximate surface area is 164 Å². The first-order valence-electron chi connectivity index (χ1n) is 9.25. The van der Waals surface area contributed by atoms with Crippen LogP contribution in [0.15, 0.2) is 30.3 Å². The summed E-state index contributed by atoms with van der Waals surface area (Å²) in [6.45, 7) is 5.02. The van der Waals surface area contributed by atoms with Crippen LogP contribution in [0.3, 0.4) is 0 Å². The number of nitrogens with one attached hydrogen (secondary N) is 3. The number of carbonyl (C=O) groups is 1. The van der Waals surface area contributed by atoms with Crippen molar-refractivity contribution in [3.63, 3.8) is 0 Å². The second kappa shape index (κ2) is 9.41. The lowest BCUT2D eigenvalue weighted by Gasteiger charge is -2.28. The van der Waals surface area contributed by atoms with E-state index in [1.807, 2.05) is 13.0 Å². The number of hydrogen-bond donors (Lipinski definition) is 3. The van der Waals surface area contributed by atoms with Gasteiger partial charge in [-0.05, 0) is 44.4 Å². The predicted octanol–water partition coefficient (Wildman–Crippen LogP) is 3.66. The Morgan fingerprint density at radius 1 is 1.15 bits per heavy atom. The maximum atomic E-state index is 11.9. The Hall–Kier alpha value is -2.54. The molecule has 3 rings (SSSR count). The fourth-order valence-electron chi connectivity index (χ4n) is 3.04. The number of carbonyl (C=O) groups excluding carboxylic acids is 1. The molecule has 7 nitrogen and oxygen atoms in total. The van der Waals surface area contributed by atoms with Gasteiger partial charge in [0.05, 0.1) is 0 Å². The summed E-state index contributed by atoms with van der Waals surface area (Å²) in [6.07, 6.45) is 3.70. The van der Waals surface area contributed by atoms with Gasteiger partial charge in [0.1, 0.15) is 17.5 Å². The second-order valence-corrected chi connectivity index (χ2v) is 6.96. The van der Waals surface area contributed by atoms with Crippen molar-refractivity contribution in [3.05, 3.63) is 41.2 Å². The highest BCUT2D eigenvalue weighted by molar-refractivity contribution is 6.30. The molecule has 1 saturated heterocycles. The van der Waals surface area contributed by atoms with Gasteiger partial charge >= 0.3 is 6.03 Å². The third-order valence-electron chi connectivity index (χ3n) is 4.30. The molecule has 0 radical (unpaired) electrons. The SMILES string of the molecule is Cc1nc(NCCNC(=O)Nc2cccc(Cl)c2)cc(N2CCCCC2)n1. The summed E-state index contributed by atoms with van der Waals surface area (Å²) in [5.41, 5.74) is 0.658. The highest BCUT2D eigenvalue weighted by Gasteiger charge is 2.13. The number of benzene rings is 1. The maximum Gasteiger partial charge on any atom is 0.319 e. The Morgan fingerprint density at radius 2 is 1.96 bits per heavy atom. The van der Waals surface area contributed by atoms with E-state index < -0.39 is 0 Å². The summed E-state index contributed by atoms with van der Waals surface area (Å²) in [4.78, 5) is 23.2. The van der Waals surface area contributed by atoms with Crippen molar-refractivity contribution in [1.29, 1.82) is 0 Å². The molecule has 1 fully saturated rings. The van der Waals surface area contributed by atoms with E-state index in [2.05, 4.69) is 30.8 Å². The van der Waals surface area contributed by atoms with Gasteiger partial charge in [0.25, 0.3) is 0 Å². The largest absolute Gasteiger partial charge is 0.368 e. The molecule has 1 aromatic heterocycles. The lowest BCUT2D eigenvalue weighted by Crippen LogP contribution is -2.33. The summed E-state index contributed by atoms with van der Waals surface area (Å²) in [7, 11) is 0. The van der Waals surface area contributed by atoms with E-state index in [0.29, 0.717) is 23.8 Å². The summed E-state index contributed by atoms with van der Waals surface area (Å²) < 4.78 is 0. The van der Waals surface area contributed by atoms with Crippen molar-refractivity contribution >= 4 is 35.0 Å². The van der Waals surface area contributed by atoms with E-state index in [1.165, 1.54) is 19.3 Å². The number of nitrogens with zero attached hydrogens (tertiary/aromatic N) is 3. The molecule has 0 aliphatic carbocycles. The smallest absolute Gasteiger partial charge is 0.319 e. The number of urea groups is 1. The van der Waals surface area contributed by atoms with Crippen molar-refractivity contribution in [2.24, 2.45) is 0 Å². The number of aromatic nitrogens is 2. The average molecular weight is 389 g/mol. The van der Waals surface area contributed by atoms with Crippen LogP contribution in [0.5, 0.6) is 0 Å². The summed E-state index contributed by atoms with van der Waals surface area (Å²) in [5, 5.41) is 9.39. The lowest BCUT2D eigenvalue weighted by atomic mass is 10.1. The Bertz CT molecular complexity index is 779. The third-order valence-corrected chi connectivity index (χ3v) is 4.54. The zero-order chi connectivity index (χ0) is 19.1. The number of anilines is 3. The van der Waals surface area contributed by atoms with Crippen molar-refractivity contribution < 1.29 is 4.79 Å². The molecule has 8 heteroatoms. The highest BCUT2D eigenvalue weighted by Crippen LogP contribution is 2.20. The van der Waals surface area contributed by atoms with E-state index in [-0.39, 0.29) is 6.03 Å². The minimum Gasteiger partial charge on any atom is -0.368 e. The van der Waals surface area contributed by atoms with E-state index in [4.69, 9.17) is 11.6 Å². The Morgan fingerprint density at radius 3 is 2.74 bits per heavy atom. The summed E-state index contributed by atoms with van der Waals surface area (Å²) in [5.74, 6) is 2.49. The monoisotopic (exact) mass is 388 g/mol. The van der Waals surface area contributed by atoms with Crippen LogP contribution in [0.1, 0.15) is 25.1 Å². The highest BCUT2D eigenvalue weighted by atomic mass is 35.5. The molecule has 2 aromatic rings. The number of amides is 2. The molecule has 144 valence electrons. The van der Waals surface area contributed by atoms with Gasteiger partial charge in [-0.1, -0.05) is 17.7 Å². The van der Waals surface area contributed by atoms with Crippen LogP contribution in [0, 0.1) is 6.92 Å². The van der Waals surface area contributed by atoms with Crippen LogP contribution in [0.2, 0.25) is 5.02 Å². The van der Waals surface area contributed by atoms with Gasteiger partial charge in [-0.2, -0.15) is 0 Å². The first kappa shape index (κ1) is 19.2. The lowest BCUT2D eigenvalue weighted by molar-refractivity contribution is 0.252. The molecule has 0 unspecified atom stereocenters. The number of piperidine rings is 1. The van der Waals surface area contributed by atoms with Crippen LogP contribution in [-0.4, -0.2) is 42.2 Å². The molecule has 0 bridgehead atoms. The molecule has 2 amide bonds. The number of aryl methyl sites for hydroxylation is 1. The minimum atomic E-state index is -0.271. The molecule has 0 atom stereocenters. The fourth-order valence-corrected chi connectivity index (χ4v) is 3.23. The van der Waals surface area contributed by atoms with Crippen molar-refractivity contribution in [1.82, 2.24) is 15.3 Å². The zero-order valence-corrected chi connectivity index (χ0v) is 16.2. The van der Waals surface area contributed by atoms with Crippen LogP contribution in [-0.2, 0) is 0 Å². The molecule has 3 N–H and O–H groups in total. The van der Waals surface area contributed by atoms with E-state index in [1.54, 1.807) is 24.3 Å². The maximum absolute atomic E-state index is 11.9. The van der Waals surface area contributed by atoms with Gasteiger partial charge in [0, 0.05) is 43.0 Å². The van der Waals surface area contributed by atoms with Crippen molar-refractivity contribution in [2.45, 2.75) is 26.2 Å². The third kappa shape index (κ3) is 5.99. The predicted molar refractivity (Wildman–Crippen MR) is 110 cm³/mol. The number of halogens is 1. The molecule has 27 heavy (non-hydrogen) atoms. The van der Waals surface area contributed by atoms with Gasteiger partial charge in [-0.15, -0.1) is 0 Å². The van der Waals surface area contributed by atoms with Crippen LogP contribution < -0.4 is 20.9 Å². The average Bonchev–Trinajstić information content (AvgIpc) is 2.65. The van der Waals surface area contributed by atoms with Crippen molar-refractivity contribution in [2.75, 3.05) is 41.7 Å². The molecule has 1 aliphatic rings. The zero-order valence-electron chi connectivity index (χ0n) is 15.5. The first-order valence-corrected chi connectivity index (χ1v) is 9.63. The van der Waals surface area contributed by atoms with Gasteiger partial charge in [-0.25, -0.2) is 14.8 Å². The first-order chi connectivity index (χ1) is 13.1. The van der Waals surface area contributed by atoms with E-state index >= 15 is 0 Å². The molecule has 2 heterocycles. The quantitative estimate of drug-likeness (QED) is 0.658. The Balaban J connectivity index is 1.46. The van der Waals surface area contributed by atoms with Gasteiger partial charge in [-0.3, -0.25) is 0 Å². The van der Waals surface area contributed by atoms with E-state index in [0.717, 1.165) is 30.5 Å². The topological polar surface area (TPSA) is 82.2 Å². The number of hydrogen-bond acceptors (Lipinski definition) is 5. The fraction of sp³-hybridized carbons (Fsp3) is 0.421. The molecular weight excluding hydrogens is 364 g/mol. The van der Waals surface area contributed by atoms with Crippen molar-refractivity contribution in [3.8, 4) is 0 Å². The molecule has 0 saturated carbocycles. The van der Waals surface area contributed by atoms with Crippen LogP contribution in [0.25, 0.3) is 0 Å². The van der Waals surface area contributed by atoms with Gasteiger partial charge < -0.3 is 20.9 Å².